The number of benzene rings is 3. The molecule has 0 bridgehead atoms. The van der Waals surface area contributed by atoms with Gasteiger partial charge in [0.15, 0.2) is 0 Å². The zero-order valence-electron chi connectivity index (χ0n) is 11.2. The summed E-state index contributed by atoms with van der Waals surface area (Å²) in [7, 11) is 0. The van der Waals surface area contributed by atoms with E-state index in [1.165, 1.54) is 10.8 Å². The Hall–Kier alpha value is -2.00. The highest BCUT2D eigenvalue weighted by atomic mass is 79.9. The number of aryl methyl sites for hydroxylation is 1. The lowest BCUT2D eigenvalue weighted by molar-refractivity contribution is 1.45. The van der Waals surface area contributed by atoms with Crippen LogP contribution in [0.1, 0.15) is 5.56 Å². The van der Waals surface area contributed by atoms with Crippen molar-refractivity contribution in [3.05, 3.63) is 64.6 Å². The highest BCUT2D eigenvalue weighted by Gasteiger charge is 2.00. The van der Waals surface area contributed by atoms with Crippen LogP contribution in [0.2, 0.25) is 0 Å². The van der Waals surface area contributed by atoms with Crippen LogP contribution in [0, 0.1) is 6.92 Å². The Morgan fingerprint density at radius 1 is 0.850 bits per heavy atom. The predicted octanol–water partition coefficient (Wildman–Crippen LogP) is 5.24. The minimum absolute atomic E-state index is 0.775. The van der Waals surface area contributed by atoms with Crippen LogP contribution in [0.5, 0.6) is 0 Å². The lowest BCUT2D eigenvalue weighted by atomic mass is 10.1. The van der Waals surface area contributed by atoms with Gasteiger partial charge in [-0.1, -0.05) is 28.1 Å². The van der Waals surface area contributed by atoms with Crippen LogP contribution in [0.15, 0.2) is 59.1 Å². The molecule has 100 valence electrons. The Balaban J connectivity index is 1.96. The lowest BCUT2D eigenvalue weighted by Gasteiger charge is -2.10. The maximum atomic E-state index is 5.88. The summed E-state index contributed by atoms with van der Waals surface area (Å²) in [6, 6.07) is 18.6. The van der Waals surface area contributed by atoms with Crippen LogP contribution in [0.3, 0.4) is 0 Å². The van der Waals surface area contributed by atoms with Crippen molar-refractivity contribution in [2.24, 2.45) is 0 Å². The first-order chi connectivity index (χ1) is 9.60. The molecule has 0 unspecified atom stereocenters. The number of anilines is 3. The van der Waals surface area contributed by atoms with E-state index in [1.54, 1.807) is 0 Å². The second-order valence-electron chi connectivity index (χ2n) is 4.96. The van der Waals surface area contributed by atoms with E-state index in [0.29, 0.717) is 0 Å². The summed E-state index contributed by atoms with van der Waals surface area (Å²) in [5, 5.41) is 5.82. The topological polar surface area (TPSA) is 38.0 Å². The molecule has 3 heteroatoms. The fourth-order valence-electron chi connectivity index (χ4n) is 2.35. The summed E-state index contributed by atoms with van der Waals surface area (Å²) < 4.78 is 1.09. The SMILES string of the molecule is Cc1cc(N)cc(Nc2ccc3cc(Br)ccc3c2)c1. The van der Waals surface area contributed by atoms with Crippen LogP contribution in [-0.2, 0) is 0 Å². The summed E-state index contributed by atoms with van der Waals surface area (Å²) in [5.41, 5.74) is 9.87. The number of nitrogens with one attached hydrogen (secondary N) is 1. The van der Waals surface area contributed by atoms with Gasteiger partial charge in [-0.15, -0.1) is 0 Å². The molecule has 0 atom stereocenters. The molecular weight excluding hydrogens is 312 g/mol. The van der Waals surface area contributed by atoms with Crippen LogP contribution in [0.25, 0.3) is 10.8 Å². The molecule has 3 rings (SSSR count). The van der Waals surface area contributed by atoms with E-state index in [9.17, 15) is 0 Å². The van der Waals surface area contributed by atoms with E-state index < -0.39 is 0 Å². The van der Waals surface area contributed by atoms with Gasteiger partial charge in [-0.05, 0) is 65.7 Å². The van der Waals surface area contributed by atoms with E-state index in [2.05, 4.69) is 63.7 Å². The number of rotatable bonds is 2. The van der Waals surface area contributed by atoms with Gasteiger partial charge in [-0.3, -0.25) is 0 Å². The molecule has 0 heterocycles. The first-order valence-electron chi connectivity index (χ1n) is 6.44. The molecule has 0 aliphatic rings. The van der Waals surface area contributed by atoms with E-state index in [1.807, 2.05) is 19.1 Å². The molecule has 3 aromatic rings. The Kier molecular flexibility index (Phi) is 3.36. The quantitative estimate of drug-likeness (QED) is 0.632. The first kappa shape index (κ1) is 13.0. The summed E-state index contributed by atoms with van der Waals surface area (Å²) in [6.07, 6.45) is 0. The molecule has 2 nitrogen and oxygen atoms in total. The van der Waals surface area contributed by atoms with Crippen molar-refractivity contribution in [2.45, 2.75) is 6.92 Å². The lowest BCUT2D eigenvalue weighted by Crippen LogP contribution is -1.93. The maximum absolute atomic E-state index is 5.88. The zero-order valence-corrected chi connectivity index (χ0v) is 12.7. The van der Waals surface area contributed by atoms with Crippen LogP contribution < -0.4 is 11.1 Å². The molecule has 0 radical (unpaired) electrons. The van der Waals surface area contributed by atoms with Crippen molar-refractivity contribution in [3.63, 3.8) is 0 Å². The molecule has 3 N–H and O–H groups in total. The number of nitrogens with two attached hydrogens (primary N) is 1. The molecule has 0 spiro atoms. The van der Waals surface area contributed by atoms with Gasteiger partial charge in [0.05, 0.1) is 0 Å². The largest absolute Gasteiger partial charge is 0.399 e. The zero-order chi connectivity index (χ0) is 14.1. The summed E-state index contributed by atoms with van der Waals surface area (Å²) in [4.78, 5) is 0. The van der Waals surface area contributed by atoms with Gasteiger partial charge in [-0.25, -0.2) is 0 Å². The summed E-state index contributed by atoms with van der Waals surface area (Å²) >= 11 is 3.49. The molecule has 0 aromatic heterocycles. The molecule has 20 heavy (non-hydrogen) atoms. The van der Waals surface area contributed by atoms with E-state index in [4.69, 9.17) is 5.73 Å². The van der Waals surface area contributed by atoms with Gasteiger partial charge < -0.3 is 11.1 Å². The Morgan fingerprint density at radius 2 is 1.60 bits per heavy atom. The average Bonchev–Trinajstić information content (AvgIpc) is 2.38. The van der Waals surface area contributed by atoms with Crippen molar-refractivity contribution < 1.29 is 0 Å². The maximum Gasteiger partial charge on any atom is 0.0407 e. The number of halogens is 1. The Morgan fingerprint density at radius 3 is 2.40 bits per heavy atom. The van der Waals surface area contributed by atoms with Gasteiger partial charge in [0.2, 0.25) is 0 Å². The van der Waals surface area contributed by atoms with Crippen LogP contribution in [0.4, 0.5) is 17.1 Å². The number of fused-ring (bicyclic) bond motifs is 1. The van der Waals surface area contributed by atoms with E-state index in [-0.39, 0.29) is 0 Å². The third-order valence-electron chi connectivity index (χ3n) is 3.19. The fourth-order valence-corrected chi connectivity index (χ4v) is 2.72. The molecule has 0 amide bonds. The van der Waals surface area contributed by atoms with Crippen LogP contribution >= 0.6 is 15.9 Å². The minimum atomic E-state index is 0.775. The van der Waals surface area contributed by atoms with E-state index >= 15 is 0 Å². The van der Waals surface area contributed by atoms with Gasteiger partial charge in [-0.2, -0.15) is 0 Å². The average molecular weight is 327 g/mol. The van der Waals surface area contributed by atoms with Crippen molar-refractivity contribution >= 4 is 43.8 Å². The van der Waals surface area contributed by atoms with Gasteiger partial charge in [0, 0.05) is 21.5 Å². The normalized spacial score (nSPS) is 10.7. The number of hydrogen-bond donors (Lipinski definition) is 2. The monoisotopic (exact) mass is 326 g/mol. The third kappa shape index (κ3) is 2.78. The fraction of sp³-hybridized carbons (Fsp3) is 0.0588. The molecule has 0 aliphatic heterocycles. The van der Waals surface area contributed by atoms with Gasteiger partial charge in [0.25, 0.3) is 0 Å². The minimum Gasteiger partial charge on any atom is -0.399 e. The molecule has 0 aliphatic carbocycles. The second-order valence-corrected chi connectivity index (χ2v) is 5.88. The molecular formula is C17H15BrN2. The predicted molar refractivity (Wildman–Crippen MR) is 90.5 cm³/mol. The first-order valence-corrected chi connectivity index (χ1v) is 7.23. The van der Waals surface area contributed by atoms with Crippen LogP contribution in [-0.4, -0.2) is 0 Å². The van der Waals surface area contributed by atoms with Crippen molar-refractivity contribution in [2.75, 3.05) is 11.1 Å². The van der Waals surface area contributed by atoms with Crippen molar-refractivity contribution in [3.8, 4) is 0 Å². The second kappa shape index (κ2) is 5.17. The summed E-state index contributed by atoms with van der Waals surface area (Å²) in [5.74, 6) is 0. The Labute approximate surface area is 126 Å². The van der Waals surface area contributed by atoms with Gasteiger partial charge in [0.1, 0.15) is 0 Å². The Bertz CT molecular complexity index is 761. The third-order valence-corrected chi connectivity index (χ3v) is 3.68. The standard InChI is InChI=1S/C17H15BrN2/c1-11-6-15(19)10-17(7-11)20-16-5-3-12-8-14(18)4-2-13(12)9-16/h2-10,20H,19H2,1H3. The number of nitrogen functional groups attached to an aromatic ring is 1. The molecule has 0 saturated carbocycles. The molecule has 3 aromatic carbocycles. The van der Waals surface area contributed by atoms with Crippen molar-refractivity contribution in [1.82, 2.24) is 0 Å². The highest BCUT2D eigenvalue weighted by Crippen LogP contribution is 2.26. The smallest absolute Gasteiger partial charge is 0.0407 e. The van der Waals surface area contributed by atoms with Crippen molar-refractivity contribution in [1.29, 1.82) is 0 Å². The molecule has 0 fully saturated rings. The molecule has 0 saturated heterocycles. The van der Waals surface area contributed by atoms with E-state index in [0.717, 1.165) is 27.1 Å². The summed E-state index contributed by atoms with van der Waals surface area (Å²) in [6.45, 7) is 2.04. The van der Waals surface area contributed by atoms with Gasteiger partial charge >= 0.3 is 0 Å². The highest BCUT2D eigenvalue weighted by molar-refractivity contribution is 9.10. The number of hydrogen-bond acceptors (Lipinski definition) is 2.